The Hall–Kier alpha value is -2.12. The minimum Gasteiger partial charge on any atom is -0.493 e. The van der Waals surface area contributed by atoms with Crippen molar-refractivity contribution in [2.75, 3.05) is 14.2 Å². The number of nitrogens with two attached hydrogens (primary N) is 1. The van der Waals surface area contributed by atoms with E-state index >= 15 is 0 Å². The molecule has 1 heterocycles. The summed E-state index contributed by atoms with van der Waals surface area (Å²) in [5.41, 5.74) is 6.91. The second-order valence-corrected chi connectivity index (χ2v) is 5.29. The molecule has 0 saturated carbocycles. The van der Waals surface area contributed by atoms with E-state index in [1.165, 1.54) is 11.3 Å². The number of ether oxygens (including phenoxy) is 2. The van der Waals surface area contributed by atoms with E-state index in [9.17, 15) is 4.79 Å². The van der Waals surface area contributed by atoms with Crippen molar-refractivity contribution in [2.45, 2.75) is 12.5 Å². The van der Waals surface area contributed by atoms with Crippen LogP contribution in [0.1, 0.15) is 22.3 Å². The highest BCUT2D eigenvalue weighted by molar-refractivity contribution is 7.09. The fraction of sp³-hybridized carbons (Fsp3) is 0.286. The fourth-order valence-electron chi connectivity index (χ4n) is 1.84. The van der Waals surface area contributed by atoms with Crippen LogP contribution >= 0.6 is 11.3 Å². The van der Waals surface area contributed by atoms with Crippen LogP contribution in [0, 0.1) is 0 Å². The van der Waals surface area contributed by atoms with Gasteiger partial charge in [0.25, 0.3) is 0 Å². The predicted octanol–water partition coefficient (Wildman–Crippen LogP) is 1.84. The van der Waals surface area contributed by atoms with Gasteiger partial charge in [-0.15, -0.1) is 11.3 Å². The molecule has 0 bridgehead atoms. The summed E-state index contributed by atoms with van der Waals surface area (Å²) < 4.78 is 10.4. The highest BCUT2D eigenvalue weighted by atomic mass is 32.1. The molecule has 1 aromatic heterocycles. The Morgan fingerprint density at radius 1 is 1.38 bits per heavy atom. The Morgan fingerprint density at radius 3 is 2.71 bits per heavy atom. The summed E-state index contributed by atoms with van der Waals surface area (Å²) >= 11 is 1.39. The lowest BCUT2D eigenvalue weighted by Crippen LogP contribution is -2.20. The number of rotatable bonds is 6. The van der Waals surface area contributed by atoms with Crippen molar-refractivity contribution in [3.8, 4) is 11.5 Å². The zero-order valence-electron chi connectivity index (χ0n) is 11.7. The van der Waals surface area contributed by atoms with Gasteiger partial charge < -0.3 is 20.3 Å². The highest BCUT2D eigenvalue weighted by Gasteiger charge is 2.17. The molecule has 0 aliphatic rings. The second-order valence-electron chi connectivity index (χ2n) is 4.35. The molecule has 112 valence electrons. The summed E-state index contributed by atoms with van der Waals surface area (Å²) in [5, 5.41) is 11.3. The van der Waals surface area contributed by atoms with Crippen molar-refractivity contribution in [3.05, 3.63) is 39.8 Å². The first-order chi connectivity index (χ1) is 10.0. The van der Waals surface area contributed by atoms with E-state index in [-0.39, 0.29) is 0 Å². The van der Waals surface area contributed by atoms with Crippen molar-refractivity contribution in [1.29, 1.82) is 0 Å². The van der Waals surface area contributed by atoms with E-state index in [4.69, 9.17) is 20.3 Å². The third-order valence-corrected chi connectivity index (χ3v) is 3.82. The summed E-state index contributed by atoms with van der Waals surface area (Å²) in [6.45, 7) is 0. The summed E-state index contributed by atoms with van der Waals surface area (Å²) in [7, 11) is 3.16. The van der Waals surface area contributed by atoms with Gasteiger partial charge in [-0.1, -0.05) is 6.07 Å². The van der Waals surface area contributed by atoms with E-state index in [1.54, 1.807) is 19.6 Å². The average Bonchev–Trinajstić information content (AvgIpc) is 2.94. The van der Waals surface area contributed by atoms with Crippen molar-refractivity contribution in [3.63, 3.8) is 0 Å². The third kappa shape index (κ3) is 3.50. The quantitative estimate of drug-likeness (QED) is 0.845. The van der Waals surface area contributed by atoms with Crippen molar-refractivity contribution in [2.24, 2.45) is 5.73 Å². The summed E-state index contributed by atoms with van der Waals surface area (Å²) in [6.07, 6.45) is 0.581. The van der Waals surface area contributed by atoms with Crippen LogP contribution in [0.2, 0.25) is 0 Å². The lowest BCUT2D eigenvalue weighted by atomic mass is 10.1. The predicted molar refractivity (Wildman–Crippen MR) is 79.0 cm³/mol. The van der Waals surface area contributed by atoms with Crippen LogP contribution in [0.15, 0.2) is 23.6 Å². The number of nitrogens with zero attached hydrogens (tertiary/aromatic N) is 1. The van der Waals surface area contributed by atoms with Crippen LogP contribution in [0.25, 0.3) is 0 Å². The monoisotopic (exact) mass is 308 g/mol. The van der Waals surface area contributed by atoms with E-state index in [2.05, 4.69) is 4.98 Å². The van der Waals surface area contributed by atoms with Crippen LogP contribution in [-0.2, 0) is 11.2 Å². The van der Waals surface area contributed by atoms with Gasteiger partial charge >= 0.3 is 5.97 Å². The molecule has 2 rings (SSSR count). The minimum atomic E-state index is -1.09. The largest absolute Gasteiger partial charge is 0.493 e. The molecule has 3 N–H and O–H groups in total. The Kier molecular flexibility index (Phi) is 4.77. The number of benzene rings is 1. The van der Waals surface area contributed by atoms with Gasteiger partial charge in [0.1, 0.15) is 6.04 Å². The first-order valence-electron chi connectivity index (χ1n) is 6.18. The minimum absolute atomic E-state index is 0.378. The van der Waals surface area contributed by atoms with Gasteiger partial charge in [-0.05, 0) is 17.7 Å². The molecule has 1 atom stereocenters. The molecule has 0 spiro atoms. The second kappa shape index (κ2) is 6.55. The number of aromatic nitrogens is 1. The van der Waals surface area contributed by atoms with Crippen LogP contribution in [0.4, 0.5) is 0 Å². The molecule has 1 aromatic carbocycles. The molecule has 21 heavy (non-hydrogen) atoms. The smallest absolute Gasteiger partial charge is 0.326 e. The Bertz CT molecular complexity index is 642. The van der Waals surface area contributed by atoms with Gasteiger partial charge in [0, 0.05) is 11.8 Å². The van der Waals surface area contributed by atoms with Gasteiger partial charge in [0.2, 0.25) is 0 Å². The van der Waals surface area contributed by atoms with Crippen molar-refractivity contribution < 1.29 is 19.4 Å². The number of thiazole rings is 1. The van der Waals surface area contributed by atoms with E-state index in [1.807, 2.05) is 18.2 Å². The number of hydrogen-bond donors (Lipinski definition) is 2. The van der Waals surface area contributed by atoms with Gasteiger partial charge in [-0.25, -0.2) is 4.98 Å². The topological polar surface area (TPSA) is 94.7 Å². The molecular weight excluding hydrogens is 292 g/mol. The van der Waals surface area contributed by atoms with Gasteiger partial charge in [0.05, 0.1) is 24.9 Å². The molecule has 0 fully saturated rings. The van der Waals surface area contributed by atoms with E-state index in [0.717, 1.165) is 10.6 Å². The standard InChI is InChI=1S/C14H16N2O4S/c1-19-10-4-3-8(5-11(10)20-2)6-12-16-9(7-21-12)13(15)14(17)18/h3-5,7,13H,6,15H2,1-2H3,(H,17,18). The summed E-state index contributed by atoms with van der Waals surface area (Å²) in [6, 6.07) is 4.53. The highest BCUT2D eigenvalue weighted by Crippen LogP contribution is 2.29. The Balaban J connectivity index is 2.17. The van der Waals surface area contributed by atoms with Crippen LogP contribution in [-0.4, -0.2) is 30.3 Å². The average molecular weight is 308 g/mol. The summed E-state index contributed by atoms with van der Waals surface area (Å²) in [5.74, 6) is 0.223. The van der Waals surface area contributed by atoms with Crippen molar-refractivity contribution >= 4 is 17.3 Å². The number of methoxy groups -OCH3 is 2. The van der Waals surface area contributed by atoms with E-state index < -0.39 is 12.0 Å². The Labute approximate surface area is 126 Å². The molecule has 0 aliphatic carbocycles. The lowest BCUT2D eigenvalue weighted by Gasteiger charge is -2.08. The number of aliphatic carboxylic acids is 1. The van der Waals surface area contributed by atoms with E-state index in [0.29, 0.717) is 23.6 Å². The lowest BCUT2D eigenvalue weighted by molar-refractivity contribution is -0.138. The fourth-order valence-corrected chi connectivity index (χ4v) is 2.71. The first-order valence-corrected chi connectivity index (χ1v) is 7.06. The molecule has 1 unspecified atom stereocenters. The molecule has 2 aromatic rings. The zero-order chi connectivity index (χ0) is 15.4. The molecule has 0 radical (unpaired) electrons. The van der Waals surface area contributed by atoms with Crippen LogP contribution in [0.3, 0.4) is 0 Å². The van der Waals surface area contributed by atoms with Gasteiger partial charge in [0.15, 0.2) is 11.5 Å². The maximum absolute atomic E-state index is 10.8. The third-order valence-electron chi connectivity index (χ3n) is 2.96. The molecular formula is C14H16N2O4S. The maximum atomic E-state index is 10.8. The normalized spacial score (nSPS) is 12.0. The molecule has 6 nitrogen and oxygen atoms in total. The zero-order valence-corrected chi connectivity index (χ0v) is 12.5. The summed E-state index contributed by atoms with van der Waals surface area (Å²) in [4.78, 5) is 15.1. The van der Waals surface area contributed by atoms with Gasteiger partial charge in [-0.2, -0.15) is 0 Å². The molecule has 7 heteroatoms. The number of carboxylic acid groups (broad SMARTS) is 1. The SMILES string of the molecule is COc1ccc(Cc2nc(C(N)C(=O)O)cs2)cc1OC. The maximum Gasteiger partial charge on any atom is 0.326 e. The Morgan fingerprint density at radius 2 is 2.10 bits per heavy atom. The first kappa shape index (κ1) is 15.3. The molecule has 0 saturated heterocycles. The molecule has 0 amide bonds. The van der Waals surface area contributed by atoms with Gasteiger partial charge in [-0.3, -0.25) is 4.79 Å². The van der Waals surface area contributed by atoms with Crippen LogP contribution < -0.4 is 15.2 Å². The van der Waals surface area contributed by atoms with Crippen molar-refractivity contribution in [1.82, 2.24) is 4.98 Å². The van der Waals surface area contributed by atoms with Crippen LogP contribution in [0.5, 0.6) is 11.5 Å². The number of carboxylic acids is 1. The number of hydrogen-bond acceptors (Lipinski definition) is 6. The molecule has 0 aliphatic heterocycles. The number of carbonyl (C=O) groups is 1.